The van der Waals surface area contributed by atoms with Crippen molar-refractivity contribution in [2.24, 2.45) is 0 Å². The maximum Gasteiger partial charge on any atom is 0.269 e. The number of methoxy groups -OCH3 is 1. The Kier molecular flexibility index (Phi) is 7.34. The van der Waals surface area contributed by atoms with Gasteiger partial charge in [0.1, 0.15) is 35.6 Å². The summed E-state index contributed by atoms with van der Waals surface area (Å²) in [6.45, 7) is 0.0787. The van der Waals surface area contributed by atoms with E-state index in [1.807, 2.05) is 6.07 Å². The predicted octanol–water partition coefficient (Wildman–Crippen LogP) is 4.87. The van der Waals surface area contributed by atoms with Crippen LogP contribution >= 0.6 is 0 Å². The number of anilines is 1. The van der Waals surface area contributed by atoms with Gasteiger partial charge in [-0.05, 0) is 48.0 Å². The normalized spacial score (nSPS) is 10.8. The van der Waals surface area contributed by atoms with Crippen LogP contribution in [0, 0.1) is 27.3 Å². The molecule has 1 N–H and O–H groups in total. The Bertz CT molecular complexity index is 1250. The quantitative estimate of drug-likeness (QED) is 0.228. The second-order valence-corrected chi connectivity index (χ2v) is 6.72. The number of carbonyl (C=O) groups is 1. The van der Waals surface area contributed by atoms with Crippen LogP contribution in [-0.4, -0.2) is 17.9 Å². The number of amides is 1. The smallest absolute Gasteiger partial charge is 0.269 e. The zero-order valence-electron chi connectivity index (χ0n) is 17.4. The highest BCUT2D eigenvalue weighted by atomic mass is 19.1. The van der Waals surface area contributed by atoms with Gasteiger partial charge in [-0.2, -0.15) is 5.26 Å². The van der Waals surface area contributed by atoms with Gasteiger partial charge in [0.25, 0.3) is 11.6 Å². The molecule has 0 unspecified atom stereocenters. The van der Waals surface area contributed by atoms with E-state index in [-0.39, 0.29) is 23.6 Å². The van der Waals surface area contributed by atoms with E-state index in [0.29, 0.717) is 22.6 Å². The van der Waals surface area contributed by atoms with E-state index in [1.54, 1.807) is 36.4 Å². The van der Waals surface area contributed by atoms with E-state index in [9.17, 15) is 24.6 Å². The first-order chi connectivity index (χ1) is 15.9. The second-order valence-electron chi connectivity index (χ2n) is 6.72. The van der Waals surface area contributed by atoms with Gasteiger partial charge >= 0.3 is 0 Å². The highest BCUT2D eigenvalue weighted by Gasteiger charge is 2.14. The zero-order chi connectivity index (χ0) is 23.8. The largest absolute Gasteiger partial charge is 0.497 e. The highest BCUT2D eigenvalue weighted by Crippen LogP contribution is 2.28. The number of non-ortho nitro benzene ring substituents is 1. The van der Waals surface area contributed by atoms with E-state index in [0.717, 1.165) is 0 Å². The molecule has 1 amide bonds. The number of para-hydroxylation sites is 1. The van der Waals surface area contributed by atoms with Gasteiger partial charge in [-0.1, -0.05) is 12.1 Å². The molecule has 8 nitrogen and oxygen atoms in total. The fourth-order valence-electron chi connectivity index (χ4n) is 2.82. The van der Waals surface area contributed by atoms with Gasteiger partial charge in [0.05, 0.1) is 17.7 Å². The molecule has 0 heterocycles. The van der Waals surface area contributed by atoms with Crippen LogP contribution in [0.2, 0.25) is 0 Å². The molecule has 0 aliphatic rings. The molecule has 0 saturated heterocycles. The Balaban J connectivity index is 1.84. The lowest BCUT2D eigenvalue weighted by Gasteiger charge is -2.12. The van der Waals surface area contributed by atoms with Crippen LogP contribution in [0.3, 0.4) is 0 Å². The summed E-state index contributed by atoms with van der Waals surface area (Å²) in [4.78, 5) is 22.8. The molecule has 0 fully saturated rings. The third-order valence-corrected chi connectivity index (χ3v) is 4.55. The van der Waals surface area contributed by atoms with E-state index >= 15 is 0 Å². The van der Waals surface area contributed by atoms with Crippen LogP contribution in [0.4, 0.5) is 15.8 Å². The summed E-state index contributed by atoms with van der Waals surface area (Å²) < 4.78 is 24.9. The fraction of sp³-hybridized carbons (Fsp3) is 0.0833. The summed E-state index contributed by atoms with van der Waals surface area (Å²) in [5, 5.41) is 22.7. The molecule has 0 saturated carbocycles. The predicted molar refractivity (Wildman–Crippen MR) is 119 cm³/mol. The Morgan fingerprint density at radius 3 is 2.55 bits per heavy atom. The minimum absolute atomic E-state index is 0.0386. The van der Waals surface area contributed by atoms with Gasteiger partial charge in [-0.15, -0.1) is 0 Å². The topological polar surface area (TPSA) is 114 Å². The lowest BCUT2D eigenvalue weighted by molar-refractivity contribution is -0.384. The molecule has 3 rings (SSSR count). The molecule has 33 heavy (non-hydrogen) atoms. The average molecular weight is 447 g/mol. The summed E-state index contributed by atoms with van der Waals surface area (Å²) in [5.74, 6) is -0.598. The second kappa shape index (κ2) is 10.5. The van der Waals surface area contributed by atoms with E-state index in [4.69, 9.17) is 9.47 Å². The molecule has 3 aromatic rings. The number of nitrogens with zero attached hydrogens (tertiary/aromatic N) is 2. The number of nitrogens with one attached hydrogen (secondary N) is 1. The molecule has 0 bridgehead atoms. The standard InChI is InChI=1S/C24H18FN3O5/c1-32-20-11-8-17(12-18(14-26)24(29)27-22-5-3-2-4-21(22)25)23(13-20)33-15-16-6-9-19(10-7-16)28(30)31/h2-13H,15H2,1H3,(H,27,29)/b18-12+. The van der Waals surface area contributed by atoms with Crippen molar-refractivity contribution in [2.75, 3.05) is 12.4 Å². The lowest BCUT2D eigenvalue weighted by Crippen LogP contribution is -2.14. The lowest BCUT2D eigenvalue weighted by atomic mass is 10.1. The molecule has 0 atom stereocenters. The summed E-state index contributed by atoms with van der Waals surface area (Å²) >= 11 is 0. The summed E-state index contributed by atoms with van der Waals surface area (Å²) in [6.07, 6.45) is 1.32. The first-order valence-corrected chi connectivity index (χ1v) is 9.63. The van der Waals surface area contributed by atoms with E-state index < -0.39 is 16.6 Å². The third-order valence-electron chi connectivity index (χ3n) is 4.55. The molecule has 0 spiro atoms. The number of nitriles is 1. The van der Waals surface area contributed by atoms with Gasteiger partial charge in [0.2, 0.25) is 0 Å². The molecule has 0 radical (unpaired) electrons. The first-order valence-electron chi connectivity index (χ1n) is 9.63. The monoisotopic (exact) mass is 447 g/mol. The highest BCUT2D eigenvalue weighted by molar-refractivity contribution is 6.09. The van der Waals surface area contributed by atoms with Crippen LogP contribution in [0.5, 0.6) is 11.5 Å². The summed E-state index contributed by atoms with van der Waals surface area (Å²) in [5.41, 5.74) is 0.744. The van der Waals surface area contributed by atoms with Gasteiger partial charge < -0.3 is 14.8 Å². The first kappa shape index (κ1) is 23.0. The van der Waals surface area contributed by atoms with Crippen LogP contribution < -0.4 is 14.8 Å². The van der Waals surface area contributed by atoms with Crippen molar-refractivity contribution in [3.8, 4) is 17.6 Å². The molecular formula is C24H18FN3O5. The van der Waals surface area contributed by atoms with Gasteiger partial charge in [0.15, 0.2) is 0 Å². The summed E-state index contributed by atoms with van der Waals surface area (Å²) in [6, 6.07) is 18.1. The Morgan fingerprint density at radius 1 is 1.18 bits per heavy atom. The third kappa shape index (κ3) is 5.92. The maximum atomic E-state index is 13.8. The van der Waals surface area contributed by atoms with Crippen molar-refractivity contribution in [3.05, 3.63) is 99.4 Å². The van der Waals surface area contributed by atoms with Crippen LogP contribution in [0.15, 0.2) is 72.3 Å². The molecule has 0 aromatic heterocycles. The van der Waals surface area contributed by atoms with Gasteiger partial charge in [0, 0.05) is 23.8 Å². The minimum Gasteiger partial charge on any atom is -0.497 e. The van der Waals surface area contributed by atoms with Gasteiger partial charge in [-0.3, -0.25) is 14.9 Å². The molecule has 166 valence electrons. The fourth-order valence-corrected chi connectivity index (χ4v) is 2.82. The number of nitro groups is 1. The molecule has 3 aromatic carbocycles. The van der Waals surface area contributed by atoms with Crippen molar-refractivity contribution in [2.45, 2.75) is 6.61 Å². The van der Waals surface area contributed by atoms with Crippen molar-refractivity contribution >= 4 is 23.4 Å². The van der Waals surface area contributed by atoms with Crippen LogP contribution in [-0.2, 0) is 11.4 Å². The van der Waals surface area contributed by atoms with Crippen molar-refractivity contribution in [1.29, 1.82) is 5.26 Å². The minimum atomic E-state index is -0.778. The zero-order valence-corrected chi connectivity index (χ0v) is 17.4. The van der Waals surface area contributed by atoms with E-state index in [1.165, 1.54) is 43.5 Å². The molecule has 0 aliphatic carbocycles. The van der Waals surface area contributed by atoms with Crippen LogP contribution in [0.25, 0.3) is 6.08 Å². The summed E-state index contributed by atoms with van der Waals surface area (Å²) in [7, 11) is 1.48. The Morgan fingerprint density at radius 2 is 1.91 bits per heavy atom. The van der Waals surface area contributed by atoms with Crippen molar-refractivity contribution in [3.63, 3.8) is 0 Å². The molecular weight excluding hydrogens is 429 g/mol. The number of carbonyl (C=O) groups excluding carboxylic acids is 1. The number of nitro benzene ring substituents is 1. The number of rotatable bonds is 8. The van der Waals surface area contributed by atoms with E-state index in [2.05, 4.69) is 5.32 Å². The number of ether oxygens (including phenoxy) is 2. The number of halogens is 1. The Labute approximate surface area is 188 Å². The SMILES string of the molecule is COc1ccc(/C=C(\C#N)C(=O)Nc2ccccc2F)c(OCc2ccc([N+](=O)[O-])cc2)c1. The Hall–Kier alpha value is -4.71. The average Bonchev–Trinajstić information content (AvgIpc) is 2.83. The molecule has 9 heteroatoms. The number of hydrogen-bond acceptors (Lipinski definition) is 6. The van der Waals surface area contributed by atoms with Crippen molar-refractivity contribution < 1.29 is 23.6 Å². The van der Waals surface area contributed by atoms with Gasteiger partial charge in [-0.25, -0.2) is 4.39 Å². The van der Waals surface area contributed by atoms with Crippen molar-refractivity contribution in [1.82, 2.24) is 0 Å². The number of hydrogen-bond donors (Lipinski definition) is 1. The number of benzene rings is 3. The molecule has 0 aliphatic heterocycles. The maximum absolute atomic E-state index is 13.8. The van der Waals surface area contributed by atoms with Crippen LogP contribution in [0.1, 0.15) is 11.1 Å².